The average Bonchev–Trinajstić information content (AvgIpc) is 2.75. The zero-order valence-corrected chi connectivity index (χ0v) is 17.8. The molecule has 0 amide bonds. The van der Waals surface area contributed by atoms with E-state index in [2.05, 4.69) is 0 Å². The maximum atomic E-state index is 13.5. The van der Waals surface area contributed by atoms with Gasteiger partial charge in [-0.05, 0) is 0 Å². The first-order valence-corrected chi connectivity index (χ1v) is 8.79. The van der Waals surface area contributed by atoms with Crippen molar-refractivity contribution in [3.05, 3.63) is 0 Å². The Labute approximate surface area is 209 Å². The summed E-state index contributed by atoms with van der Waals surface area (Å²) in [4.78, 5) is 0. The van der Waals surface area contributed by atoms with Crippen molar-refractivity contribution in [3.8, 4) is 0 Å². The molecule has 0 aromatic heterocycles. The Balaban J connectivity index is 7.38. The number of halogens is 27. The number of hydrogen-bond donors (Lipinski definition) is 1. The fourth-order valence-corrected chi connectivity index (χ4v) is 2.31. The number of rotatable bonds is 12. The first-order chi connectivity index (χ1) is 17.6. The second kappa shape index (κ2) is 9.79. The minimum Gasteiger partial charge on any atom is -0.362 e. The van der Waals surface area contributed by atoms with Gasteiger partial charge in [-0.3, -0.25) is 0 Å². The lowest BCUT2D eigenvalue weighted by Crippen LogP contribution is -2.78. The summed E-state index contributed by atoms with van der Waals surface area (Å²) in [5, 5.41) is 7.73. The molecule has 0 aromatic rings. The van der Waals surface area contributed by atoms with E-state index in [1.165, 1.54) is 0 Å². The van der Waals surface area contributed by atoms with Gasteiger partial charge >= 0.3 is 71.3 Å². The third kappa shape index (κ3) is 4.56. The van der Waals surface area contributed by atoms with E-state index in [0.29, 0.717) is 0 Å². The van der Waals surface area contributed by atoms with E-state index in [-0.39, 0.29) is 0 Å². The summed E-state index contributed by atoms with van der Waals surface area (Å²) in [5.41, 5.74) is 0. The van der Waals surface area contributed by atoms with Crippen LogP contribution >= 0.6 is 0 Å². The van der Waals surface area contributed by atoms with E-state index in [4.69, 9.17) is 5.11 Å². The van der Waals surface area contributed by atoms with Gasteiger partial charge in [-0.15, -0.1) is 0 Å². The highest BCUT2D eigenvalue weighted by Gasteiger charge is 2.99. The predicted octanol–water partition coefficient (Wildman–Crippen LogP) is 8.16. The second-order valence-corrected chi connectivity index (χ2v) is 7.64. The van der Waals surface area contributed by atoms with E-state index in [0.717, 1.165) is 0 Å². The number of aliphatic hydroxyl groups excluding tert-OH is 1. The lowest BCUT2D eigenvalue weighted by molar-refractivity contribution is -0.483. The Hall–Kier alpha value is -1.93. The van der Waals surface area contributed by atoms with Crippen molar-refractivity contribution in [2.24, 2.45) is 0 Å². The molecule has 0 spiro atoms. The molecule has 0 aliphatic carbocycles. The van der Waals surface area contributed by atoms with E-state index in [9.17, 15) is 119 Å². The predicted molar refractivity (Wildman–Crippen MR) is 72.5 cm³/mol. The van der Waals surface area contributed by atoms with Gasteiger partial charge in [0.25, 0.3) is 0 Å². The maximum absolute atomic E-state index is 13.5. The van der Waals surface area contributed by atoms with Crippen LogP contribution in [0.1, 0.15) is 0 Å². The highest BCUT2D eigenvalue weighted by atomic mass is 19.4. The van der Waals surface area contributed by atoms with Crippen LogP contribution < -0.4 is 0 Å². The van der Waals surface area contributed by atoms with Gasteiger partial charge in [0.1, 0.15) is 0 Å². The fraction of sp³-hybridized carbons (Fsp3) is 1.00. The normalized spacial score (nSPS) is 18.3. The summed E-state index contributed by atoms with van der Waals surface area (Å²) in [6.07, 6.45) is -19.3. The molecular formula is C14H3F27O. The van der Waals surface area contributed by atoms with Crippen molar-refractivity contribution in [2.75, 3.05) is 0 Å². The highest BCUT2D eigenvalue weighted by molar-refractivity contribution is 5.20. The largest absolute Gasteiger partial charge is 0.460 e. The van der Waals surface area contributed by atoms with E-state index >= 15 is 0 Å². The molecule has 42 heavy (non-hydrogen) atoms. The van der Waals surface area contributed by atoms with Crippen molar-refractivity contribution in [1.82, 2.24) is 0 Å². The van der Waals surface area contributed by atoms with Gasteiger partial charge in [0.15, 0.2) is 0 Å². The molecule has 0 aliphatic heterocycles. The summed E-state index contributed by atoms with van der Waals surface area (Å²) >= 11 is 0. The lowest BCUT2D eigenvalue weighted by atomic mass is 9.84. The molecule has 1 nitrogen and oxygen atoms in total. The molecule has 0 bridgehead atoms. The average molecular weight is 700 g/mol. The molecule has 2 atom stereocenters. The Kier molecular flexibility index (Phi) is 9.34. The smallest absolute Gasteiger partial charge is 0.362 e. The molecular weight excluding hydrogens is 697 g/mol. The third-order valence-electron chi connectivity index (χ3n) is 4.91. The van der Waals surface area contributed by atoms with Gasteiger partial charge < -0.3 is 5.11 Å². The number of alkyl halides is 27. The van der Waals surface area contributed by atoms with Gasteiger partial charge in [-0.25, -0.2) is 8.78 Å². The molecule has 0 fully saturated rings. The van der Waals surface area contributed by atoms with Crippen LogP contribution in [0.4, 0.5) is 119 Å². The van der Waals surface area contributed by atoms with Crippen molar-refractivity contribution in [3.63, 3.8) is 0 Å². The molecule has 0 saturated heterocycles. The van der Waals surface area contributed by atoms with Crippen LogP contribution in [0, 0.1) is 0 Å². The summed E-state index contributed by atoms with van der Waals surface area (Å²) in [7, 11) is 0. The van der Waals surface area contributed by atoms with Crippen LogP contribution in [0.2, 0.25) is 0 Å². The van der Waals surface area contributed by atoms with Crippen LogP contribution in [0.5, 0.6) is 0 Å². The zero-order valence-electron chi connectivity index (χ0n) is 17.8. The van der Waals surface area contributed by atoms with E-state index < -0.39 is 83.9 Å². The van der Waals surface area contributed by atoms with Gasteiger partial charge in [0, 0.05) is 0 Å². The topological polar surface area (TPSA) is 20.2 Å². The minimum absolute atomic E-state index is 5.17. The van der Waals surface area contributed by atoms with Crippen LogP contribution in [0.25, 0.3) is 0 Å². The monoisotopic (exact) mass is 700 g/mol. The summed E-state index contributed by atoms with van der Waals surface area (Å²) < 4.78 is 353. The Morgan fingerprint density at radius 1 is 0.286 bits per heavy atom. The second-order valence-electron chi connectivity index (χ2n) is 7.64. The first-order valence-electron chi connectivity index (χ1n) is 8.79. The molecule has 254 valence electrons. The first kappa shape index (κ1) is 40.1. The van der Waals surface area contributed by atoms with Crippen molar-refractivity contribution < 1.29 is 124 Å². The van der Waals surface area contributed by atoms with E-state index in [1.54, 1.807) is 0 Å². The standard InChI is InChI=1S/C14H3F27O/c15-1(2(16)42)3(17,18)4(19,20)5(21,22)6(23,24)7(25,26)8(27,28)9(29,30)10(31,32)11(33,34)12(35,36)13(37,38)14(39,40)41/h1-2,42H. The van der Waals surface area contributed by atoms with Crippen LogP contribution in [0.15, 0.2) is 0 Å². The van der Waals surface area contributed by atoms with Crippen LogP contribution in [0.3, 0.4) is 0 Å². The lowest BCUT2D eigenvalue weighted by Gasteiger charge is -2.45. The number of hydrogen-bond acceptors (Lipinski definition) is 1. The van der Waals surface area contributed by atoms with Crippen LogP contribution in [-0.4, -0.2) is 89.0 Å². The van der Waals surface area contributed by atoms with Crippen molar-refractivity contribution in [2.45, 2.75) is 83.9 Å². The molecule has 0 heterocycles. The molecule has 0 aromatic carbocycles. The highest BCUT2D eigenvalue weighted by Crippen LogP contribution is 2.68. The Bertz CT molecular complexity index is 970. The summed E-state index contributed by atoms with van der Waals surface area (Å²) in [6, 6.07) is 0. The molecule has 1 N–H and O–H groups in total. The quantitative estimate of drug-likeness (QED) is 0.204. The zero-order chi connectivity index (χ0) is 35.2. The molecule has 0 saturated carbocycles. The molecule has 0 rings (SSSR count). The Morgan fingerprint density at radius 3 is 0.619 bits per heavy atom. The fourth-order valence-electron chi connectivity index (χ4n) is 2.31. The summed E-state index contributed by atoms with van der Waals surface area (Å²) in [6.45, 7) is 0. The minimum atomic E-state index is -9.76. The summed E-state index contributed by atoms with van der Waals surface area (Å²) in [5.74, 6) is -102. The molecule has 28 heteroatoms. The third-order valence-corrected chi connectivity index (χ3v) is 4.91. The molecule has 0 radical (unpaired) electrons. The van der Waals surface area contributed by atoms with Gasteiger partial charge in [-0.1, -0.05) is 0 Å². The Morgan fingerprint density at radius 2 is 0.452 bits per heavy atom. The number of aliphatic hydroxyl groups is 1. The van der Waals surface area contributed by atoms with Crippen LogP contribution in [-0.2, 0) is 0 Å². The van der Waals surface area contributed by atoms with Gasteiger partial charge in [0.05, 0.1) is 0 Å². The van der Waals surface area contributed by atoms with Crippen molar-refractivity contribution in [1.29, 1.82) is 0 Å². The van der Waals surface area contributed by atoms with Gasteiger partial charge in [0.2, 0.25) is 12.5 Å². The maximum Gasteiger partial charge on any atom is 0.460 e. The van der Waals surface area contributed by atoms with E-state index in [1.807, 2.05) is 0 Å². The van der Waals surface area contributed by atoms with Gasteiger partial charge in [-0.2, -0.15) is 110 Å². The molecule has 2 unspecified atom stereocenters. The SMILES string of the molecule is OC(F)C(F)C(F)(F)C(F)(F)C(F)(F)C(F)(F)C(F)(F)C(F)(F)C(F)(F)C(F)(F)C(F)(F)C(F)(F)C(F)(F)C(F)(F)F. The van der Waals surface area contributed by atoms with Crippen molar-refractivity contribution >= 4 is 0 Å². The molecule has 0 aliphatic rings.